The van der Waals surface area contributed by atoms with E-state index in [9.17, 15) is 23.1 Å². The number of carboxylic acids is 1. The Morgan fingerprint density at radius 1 is 1.35 bits per heavy atom. The summed E-state index contributed by atoms with van der Waals surface area (Å²) < 4.78 is 40.6. The molecule has 31 heavy (non-hydrogen) atoms. The van der Waals surface area contributed by atoms with Crippen molar-refractivity contribution in [2.24, 2.45) is 11.8 Å². The number of pyridine rings is 1. The number of carbonyl (C=O) groups is 1. The number of anilines is 2. The van der Waals surface area contributed by atoms with Gasteiger partial charge in [0.05, 0.1) is 0 Å². The lowest BCUT2D eigenvalue weighted by Gasteiger charge is -2.39. The van der Waals surface area contributed by atoms with Crippen LogP contribution in [0.4, 0.5) is 24.9 Å². The Morgan fingerprint density at radius 3 is 2.74 bits per heavy atom. The topological polar surface area (TPSA) is 82.5 Å². The molecule has 7 nitrogen and oxygen atoms in total. The minimum absolute atomic E-state index is 0.0293. The summed E-state index contributed by atoms with van der Waals surface area (Å²) in [5.74, 6) is -0.569. The van der Waals surface area contributed by atoms with Crippen molar-refractivity contribution in [3.05, 3.63) is 41.9 Å². The number of hydrogen-bond acceptors (Lipinski definition) is 6. The van der Waals surface area contributed by atoms with E-state index < -0.39 is 23.3 Å². The summed E-state index contributed by atoms with van der Waals surface area (Å²) >= 11 is 0. The molecule has 5 rings (SSSR count). The average Bonchev–Trinajstić information content (AvgIpc) is 3.10. The van der Waals surface area contributed by atoms with Crippen molar-refractivity contribution in [2.45, 2.75) is 37.4 Å². The third-order valence-corrected chi connectivity index (χ3v) is 7.05. The van der Waals surface area contributed by atoms with Gasteiger partial charge in [0.15, 0.2) is 5.69 Å². The molecule has 0 spiro atoms. The van der Waals surface area contributed by atoms with Gasteiger partial charge in [-0.2, -0.15) is 18.2 Å². The summed E-state index contributed by atoms with van der Waals surface area (Å²) in [4.78, 5) is 27.4. The lowest BCUT2D eigenvalue weighted by atomic mass is 9.93. The Morgan fingerprint density at radius 2 is 2.16 bits per heavy atom. The highest BCUT2D eigenvalue weighted by Gasteiger charge is 2.70. The van der Waals surface area contributed by atoms with Crippen molar-refractivity contribution in [3.8, 4) is 0 Å². The highest BCUT2D eigenvalue weighted by Crippen LogP contribution is 2.65. The van der Waals surface area contributed by atoms with Crippen molar-refractivity contribution in [1.29, 1.82) is 0 Å². The molecule has 2 aromatic heterocycles. The second kappa shape index (κ2) is 6.80. The summed E-state index contributed by atoms with van der Waals surface area (Å²) in [6.45, 7) is 3.43. The number of fused-ring (bicyclic) bond motifs is 1. The van der Waals surface area contributed by atoms with Crippen LogP contribution in [0.15, 0.2) is 30.6 Å². The van der Waals surface area contributed by atoms with Crippen molar-refractivity contribution in [1.82, 2.24) is 15.0 Å². The normalized spacial score (nSPS) is 29.5. The molecule has 3 aliphatic rings. The van der Waals surface area contributed by atoms with Crippen molar-refractivity contribution < 1.29 is 23.1 Å². The second-order valence-electron chi connectivity index (χ2n) is 8.71. The van der Waals surface area contributed by atoms with Gasteiger partial charge in [0, 0.05) is 56.0 Å². The van der Waals surface area contributed by atoms with E-state index in [0.29, 0.717) is 19.6 Å². The molecule has 0 bridgehead atoms. The Bertz CT molecular complexity index is 1020. The van der Waals surface area contributed by atoms with E-state index in [1.807, 2.05) is 17.9 Å². The van der Waals surface area contributed by atoms with E-state index >= 15 is 0 Å². The van der Waals surface area contributed by atoms with Gasteiger partial charge in [-0.25, -0.2) is 4.98 Å². The average molecular weight is 433 g/mol. The number of hydrogen-bond donors (Lipinski definition) is 1. The maximum atomic E-state index is 13.5. The summed E-state index contributed by atoms with van der Waals surface area (Å²) in [6, 6.07) is 4.82. The Labute approximate surface area is 176 Å². The molecule has 3 unspecified atom stereocenters. The molecule has 0 amide bonds. The van der Waals surface area contributed by atoms with Gasteiger partial charge in [-0.1, -0.05) is 6.07 Å². The molecule has 1 N–H and O–H groups in total. The number of aliphatic carboxylic acids is 1. The van der Waals surface area contributed by atoms with Crippen LogP contribution in [0, 0.1) is 11.8 Å². The summed E-state index contributed by atoms with van der Waals surface area (Å²) in [5, 5.41) is 9.32. The molecule has 3 fully saturated rings. The van der Waals surface area contributed by atoms with Crippen molar-refractivity contribution in [2.75, 3.05) is 29.4 Å². The predicted molar refractivity (Wildman–Crippen MR) is 106 cm³/mol. The minimum atomic E-state index is -4.57. The number of piperidine rings is 1. The first-order chi connectivity index (χ1) is 14.7. The number of halogens is 3. The first-order valence-corrected chi connectivity index (χ1v) is 10.3. The fourth-order valence-corrected chi connectivity index (χ4v) is 5.26. The molecule has 2 aliphatic heterocycles. The molecular weight excluding hydrogens is 411 g/mol. The number of nitrogens with zero attached hydrogens (tertiary/aromatic N) is 5. The standard InChI is InChI=1S/C21H22F3N5O2/c1-12-4-6-29(12)19-26-16(21(22,23)24)8-17(27-19)28-10-15-14(7-18(30)31)20(15,11-28)13-3-2-5-25-9-13/h2-3,5,8-9,12,14-15H,4,6-7,10-11H2,1H3,(H,30,31)/t12-,14?,15?,20?/m0/s1. The Kier molecular flexibility index (Phi) is 4.39. The fourth-order valence-electron chi connectivity index (χ4n) is 5.26. The third-order valence-electron chi connectivity index (χ3n) is 7.05. The molecule has 4 heterocycles. The van der Waals surface area contributed by atoms with Gasteiger partial charge in [0.1, 0.15) is 5.82 Å². The van der Waals surface area contributed by atoms with Crippen LogP contribution in [0.25, 0.3) is 0 Å². The number of carboxylic acid groups (broad SMARTS) is 1. The molecule has 1 aliphatic carbocycles. The van der Waals surface area contributed by atoms with Crippen LogP contribution in [0.1, 0.15) is 31.0 Å². The molecule has 0 aromatic carbocycles. The maximum Gasteiger partial charge on any atom is 0.433 e. The van der Waals surface area contributed by atoms with Gasteiger partial charge in [-0.15, -0.1) is 0 Å². The summed E-state index contributed by atoms with van der Waals surface area (Å²) in [7, 11) is 0. The van der Waals surface area contributed by atoms with Gasteiger partial charge in [0.2, 0.25) is 5.95 Å². The van der Waals surface area contributed by atoms with E-state index in [4.69, 9.17) is 0 Å². The van der Waals surface area contributed by atoms with E-state index in [1.54, 1.807) is 23.4 Å². The first-order valence-electron chi connectivity index (χ1n) is 10.3. The van der Waals surface area contributed by atoms with Crippen LogP contribution in [-0.2, 0) is 16.4 Å². The number of alkyl halides is 3. The Hall–Kier alpha value is -2.91. The van der Waals surface area contributed by atoms with Crippen LogP contribution in [0.2, 0.25) is 0 Å². The minimum Gasteiger partial charge on any atom is -0.481 e. The zero-order valence-electron chi connectivity index (χ0n) is 16.9. The lowest BCUT2D eigenvalue weighted by molar-refractivity contribution is -0.141. The zero-order valence-corrected chi connectivity index (χ0v) is 16.9. The van der Waals surface area contributed by atoms with Gasteiger partial charge < -0.3 is 14.9 Å². The molecule has 164 valence electrons. The van der Waals surface area contributed by atoms with Crippen molar-refractivity contribution >= 4 is 17.7 Å². The predicted octanol–water partition coefficient (Wildman–Crippen LogP) is 2.97. The van der Waals surface area contributed by atoms with Crippen LogP contribution < -0.4 is 9.80 Å². The molecular formula is C21H22F3N5O2. The van der Waals surface area contributed by atoms with Crippen molar-refractivity contribution in [3.63, 3.8) is 0 Å². The van der Waals surface area contributed by atoms with Crippen LogP contribution in [0.3, 0.4) is 0 Å². The second-order valence-corrected chi connectivity index (χ2v) is 8.71. The monoisotopic (exact) mass is 433 g/mol. The van der Waals surface area contributed by atoms with Crippen LogP contribution in [-0.4, -0.2) is 51.7 Å². The van der Waals surface area contributed by atoms with E-state index in [1.165, 1.54) is 0 Å². The summed E-state index contributed by atoms with van der Waals surface area (Å²) in [5.41, 5.74) is -0.458. The van der Waals surface area contributed by atoms with Gasteiger partial charge in [-0.3, -0.25) is 9.78 Å². The van der Waals surface area contributed by atoms with Gasteiger partial charge >= 0.3 is 12.1 Å². The smallest absolute Gasteiger partial charge is 0.433 e. The fraction of sp³-hybridized carbons (Fsp3) is 0.524. The van der Waals surface area contributed by atoms with Gasteiger partial charge in [-0.05, 0) is 36.8 Å². The molecule has 2 aromatic rings. The number of aromatic nitrogens is 3. The van der Waals surface area contributed by atoms with E-state index in [2.05, 4.69) is 15.0 Å². The highest BCUT2D eigenvalue weighted by molar-refractivity contribution is 5.69. The summed E-state index contributed by atoms with van der Waals surface area (Å²) in [6.07, 6.45) is -0.275. The first kappa shape index (κ1) is 20.0. The van der Waals surface area contributed by atoms with Gasteiger partial charge in [0.25, 0.3) is 0 Å². The number of rotatable bonds is 5. The van der Waals surface area contributed by atoms with E-state index in [0.717, 1.165) is 18.1 Å². The largest absolute Gasteiger partial charge is 0.481 e. The molecule has 0 radical (unpaired) electrons. The van der Waals surface area contributed by atoms with Crippen LogP contribution >= 0.6 is 0 Å². The Balaban J connectivity index is 1.49. The van der Waals surface area contributed by atoms with Crippen LogP contribution in [0.5, 0.6) is 0 Å². The maximum absolute atomic E-state index is 13.5. The van der Waals surface area contributed by atoms with E-state index in [-0.39, 0.29) is 36.1 Å². The SMILES string of the molecule is C[C@H]1CCN1c1nc(N2CC3C(CC(=O)O)C3(c3cccnc3)C2)cc(C(F)(F)F)n1. The third kappa shape index (κ3) is 3.19. The lowest BCUT2D eigenvalue weighted by Crippen LogP contribution is -2.47. The highest BCUT2D eigenvalue weighted by atomic mass is 19.4. The quantitative estimate of drug-likeness (QED) is 0.776. The zero-order chi connectivity index (χ0) is 22.0. The molecule has 2 saturated heterocycles. The molecule has 1 saturated carbocycles. The molecule has 10 heteroatoms. The molecule has 4 atom stereocenters.